The molecule has 0 radical (unpaired) electrons. The maximum absolute atomic E-state index is 12.3. The van der Waals surface area contributed by atoms with Crippen LogP contribution >= 0.6 is 11.8 Å². The lowest BCUT2D eigenvalue weighted by molar-refractivity contribution is -0.113. The van der Waals surface area contributed by atoms with E-state index in [1.165, 1.54) is 11.8 Å². The average Bonchev–Trinajstić information content (AvgIpc) is 3.25. The number of thioether (sulfide) groups is 1. The van der Waals surface area contributed by atoms with Gasteiger partial charge in [-0.15, -0.1) is 10.2 Å². The summed E-state index contributed by atoms with van der Waals surface area (Å²) in [5.74, 6) is 1.67. The number of aromatic nitrogens is 2. The van der Waals surface area contributed by atoms with Gasteiger partial charge in [-0.2, -0.15) is 0 Å². The summed E-state index contributed by atoms with van der Waals surface area (Å²) in [7, 11) is 1.59. The van der Waals surface area contributed by atoms with Gasteiger partial charge in [0, 0.05) is 17.1 Å². The maximum Gasteiger partial charge on any atom is 0.277 e. The van der Waals surface area contributed by atoms with Crippen molar-refractivity contribution in [3.05, 3.63) is 72.6 Å². The van der Waals surface area contributed by atoms with Crippen molar-refractivity contribution in [2.24, 2.45) is 0 Å². The van der Waals surface area contributed by atoms with Crippen molar-refractivity contribution in [2.45, 2.75) is 11.8 Å². The SMILES string of the molecule is COc1cccc(OCc2nnc(SCC(=O)Nc3cccc4ccccc34)o2)c1. The van der Waals surface area contributed by atoms with Crippen LogP contribution in [0.3, 0.4) is 0 Å². The molecular weight excluding hydrogens is 402 g/mol. The van der Waals surface area contributed by atoms with E-state index in [2.05, 4.69) is 15.5 Å². The van der Waals surface area contributed by atoms with E-state index in [1.54, 1.807) is 13.2 Å². The molecule has 1 amide bonds. The molecule has 4 rings (SSSR count). The molecule has 0 aliphatic rings. The molecular formula is C22H19N3O4S. The lowest BCUT2D eigenvalue weighted by Crippen LogP contribution is -2.14. The van der Waals surface area contributed by atoms with E-state index in [9.17, 15) is 4.79 Å². The molecule has 152 valence electrons. The first-order chi connectivity index (χ1) is 14.7. The Kier molecular flexibility index (Phi) is 6.14. The van der Waals surface area contributed by atoms with Crippen LogP contribution in [-0.2, 0) is 11.4 Å². The molecule has 0 saturated carbocycles. The van der Waals surface area contributed by atoms with Crippen LogP contribution in [0.2, 0.25) is 0 Å². The molecule has 0 atom stereocenters. The zero-order chi connectivity index (χ0) is 20.8. The summed E-state index contributed by atoms with van der Waals surface area (Å²) >= 11 is 1.17. The van der Waals surface area contributed by atoms with Gasteiger partial charge >= 0.3 is 0 Å². The predicted octanol–water partition coefficient (Wildman–Crippen LogP) is 4.54. The fourth-order valence-electron chi connectivity index (χ4n) is 2.84. The summed E-state index contributed by atoms with van der Waals surface area (Å²) in [6.07, 6.45) is 0. The lowest BCUT2D eigenvalue weighted by atomic mass is 10.1. The molecule has 0 bridgehead atoms. The molecule has 0 aliphatic carbocycles. The lowest BCUT2D eigenvalue weighted by Gasteiger charge is -2.07. The summed E-state index contributed by atoms with van der Waals surface area (Å²) in [5.41, 5.74) is 0.775. The topological polar surface area (TPSA) is 86.5 Å². The second-order valence-electron chi connectivity index (χ2n) is 6.29. The molecule has 1 aromatic heterocycles. The molecule has 8 heteroatoms. The highest BCUT2D eigenvalue weighted by Crippen LogP contribution is 2.24. The van der Waals surface area contributed by atoms with E-state index in [0.717, 1.165) is 16.5 Å². The number of methoxy groups -OCH3 is 1. The number of rotatable bonds is 8. The Balaban J connectivity index is 1.30. The third-order valence-electron chi connectivity index (χ3n) is 4.24. The molecule has 0 aliphatic heterocycles. The van der Waals surface area contributed by atoms with E-state index in [0.29, 0.717) is 22.6 Å². The summed E-state index contributed by atoms with van der Waals surface area (Å²) in [5, 5.41) is 13.2. The van der Waals surface area contributed by atoms with Gasteiger partial charge in [-0.3, -0.25) is 4.79 Å². The molecule has 7 nitrogen and oxygen atoms in total. The van der Waals surface area contributed by atoms with Crippen LogP contribution in [0.15, 0.2) is 76.4 Å². The molecule has 4 aromatic rings. The van der Waals surface area contributed by atoms with Crippen LogP contribution in [0.1, 0.15) is 5.89 Å². The van der Waals surface area contributed by atoms with E-state index < -0.39 is 0 Å². The van der Waals surface area contributed by atoms with Crippen molar-refractivity contribution < 1.29 is 18.7 Å². The minimum atomic E-state index is -0.149. The number of ether oxygens (including phenoxy) is 2. The number of benzene rings is 3. The Hall–Kier alpha value is -3.52. The number of anilines is 1. The number of nitrogens with one attached hydrogen (secondary N) is 1. The Morgan fingerprint density at radius 1 is 1.03 bits per heavy atom. The van der Waals surface area contributed by atoms with E-state index >= 15 is 0 Å². The average molecular weight is 421 g/mol. The van der Waals surface area contributed by atoms with Crippen LogP contribution in [0, 0.1) is 0 Å². The highest BCUT2D eigenvalue weighted by atomic mass is 32.2. The van der Waals surface area contributed by atoms with Gasteiger partial charge in [0.2, 0.25) is 5.91 Å². The van der Waals surface area contributed by atoms with Crippen LogP contribution < -0.4 is 14.8 Å². The summed E-state index contributed by atoms with van der Waals surface area (Å²) in [4.78, 5) is 12.3. The second-order valence-corrected chi connectivity index (χ2v) is 7.22. The van der Waals surface area contributed by atoms with Crippen LogP contribution in [0.5, 0.6) is 11.5 Å². The maximum atomic E-state index is 12.3. The van der Waals surface area contributed by atoms with Crippen molar-refractivity contribution >= 4 is 34.1 Å². The smallest absolute Gasteiger partial charge is 0.277 e. The minimum Gasteiger partial charge on any atom is -0.497 e. The highest BCUT2D eigenvalue weighted by Gasteiger charge is 2.11. The normalized spacial score (nSPS) is 10.7. The Labute approximate surface area is 177 Å². The van der Waals surface area contributed by atoms with Gasteiger partial charge in [0.05, 0.1) is 12.9 Å². The summed E-state index contributed by atoms with van der Waals surface area (Å²) < 4.78 is 16.3. The third kappa shape index (κ3) is 4.90. The fraction of sp³-hybridized carbons (Fsp3) is 0.136. The van der Waals surface area contributed by atoms with Crippen molar-refractivity contribution in [3.63, 3.8) is 0 Å². The molecule has 0 saturated heterocycles. The van der Waals surface area contributed by atoms with E-state index in [1.807, 2.05) is 60.7 Å². The van der Waals surface area contributed by atoms with Gasteiger partial charge in [0.25, 0.3) is 11.1 Å². The van der Waals surface area contributed by atoms with Crippen molar-refractivity contribution in [1.29, 1.82) is 0 Å². The first-order valence-corrected chi connectivity index (χ1v) is 10.2. The van der Waals surface area contributed by atoms with Crippen LogP contribution in [-0.4, -0.2) is 29.0 Å². The first kappa shape index (κ1) is 19.8. The highest BCUT2D eigenvalue weighted by molar-refractivity contribution is 7.99. The number of hydrogen-bond acceptors (Lipinski definition) is 7. The van der Waals surface area contributed by atoms with Gasteiger partial charge in [-0.25, -0.2) is 0 Å². The van der Waals surface area contributed by atoms with E-state index in [4.69, 9.17) is 13.9 Å². The Morgan fingerprint density at radius 3 is 2.73 bits per heavy atom. The van der Waals surface area contributed by atoms with Gasteiger partial charge in [0.15, 0.2) is 6.61 Å². The van der Waals surface area contributed by atoms with Crippen molar-refractivity contribution in [3.8, 4) is 11.5 Å². The Bertz CT molecular complexity index is 1160. The van der Waals surface area contributed by atoms with Gasteiger partial charge in [0.1, 0.15) is 11.5 Å². The molecule has 0 spiro atoms. The number of fused-ring (bicyclic) bond motifs is 1. The molecule has 0 unspecified atom stereocenters. The largest absolute Gasteiger partial charge is 0.497 e. The van der Waals surface area contributed by atoms with E-state index in [-0.39, 0.29) is 18.3 Å². The van der Waals surface area contributed by atoms with Crippen molar-refractivity contribution in [2.75, 3.05) is 18.2 Å². The zero-order valence-electron chi connectivity index (χ0n) is 16.2. The molecule has 1 N–H and O–H groups in total. The fourth-order valence-corrected chi connectivity index (χ4v) is 3.42. The zero-order valence-corrected chi connectivity index (χ0v) is 17.0. The molecule has 3 aromatic carbocycles. The number of amides is 1. The Morgan fingerprint density at radius 2 is 1.83 bits per heavy atom. The quantitative estimate of drug-likeness (QED) is 0.418. The van der Waals surface area contributed by atoms with Gasteiger partial charge < -0.3 is 19.2 Å². The molecule has 1 heterocycles. The predicted molar refractivity (Wildman–Crippen MR) is 115 cm³/mol. The van der Waals surface area contributed by atoms with Crippen molar-refractivity contribution in [1.82, 2.24) is 10.2 Å². The van der Waals surface area contributed by atoms with Gasteiger partial charge in [-0.1, -0.05) is 54.2 Å². The number of hydrogen-bond donors (Lipinski definition) is 1. The number of carbonyl (C=O) groups excluding carboxylic acids is 1. The summed E-state index contributed by atoms with van der Waals surface area (Å²) in [6.45, 7) is 0.128. The van der Waals surface area contributed by atoms with Crippen LogP contribution in [0.25, 0.3) is 10.8 Å². The summed E-state index contributed by atoms with van der Waals surface area (Å²) in [6, 6.07) is 20.9. The number of nitrogens with zero attached hydrogens (tertiary/aromatic N) is 2. The van der Waals surface area contributed by atoms with Gasteiger partial charge in [-0.05, 0) is 23.6 Å². The monoisotopic (exact) mass is 421 g/mol. The number of carbonyl (C=O) groups is 1. The molecule has 30 heavy (non-hydrogen) atoms. The first-order valence-electron chi connectivity index (χ1n) is 9.21. The minimum absolute atomic E-state index is 0.128. The third-order valence-corrected chi connectivity index (χ3v) is 5.06. The standard InChI is InChI=1S/C22H19N3O4S/c1-27-16-8-5-9-17(12-16)28-13-21-24-25-22(29-21)30-14-20(26)23-19-11-4-7-15-6-2-3-10-18(15)19/h2-12H,13-14H2,1H3,(H,23,26). The van der Waals surface area contributed by atoms with Crippen LogP contribution in [0.4, 0.5) is 5.69 Å². The molecule has 0 fully saturated rings. The second kappa shape index (κ2) is 9.32.